The summed E-state index contributed by atoms with van der Waals surface area (Å²) >= 11 is 0. The van der Waals surface area contributed by atoms with Crippen LogP contribution in [-0.2, 0) is 9.47 Å². The molecule has 0 aliphatic rings. The fourth-order valence-corrected chi connectivity index (χ4v) is 3.08. The fraction of sp³-hybridized carbons (Fsp3) is 0.450. The molecule has 0 saturated heterocycles. The monoisotopic (exact) mass is 390 g/mol. The Morgan fingerprint density at radius 2 is 2.00 bits per heavy atom. The molecule has 1 N–H and O–H groups in total. The molecule has 2 aromatic rings. The van der Waals surface area contributed by atoms with Crippen LogP contribution in [0.25, 0.3) is 0 Å². The van der Waals surface area contributed by atoms with E-state index in [0.717, 1.165) is 0 Å². The number of carbonyl (C=O) groups is 3. The maximum absolute atomic E-state index is 13.2. The van der Waals surface area contributed by atoms with Gasteiger partial charge in [0.1, 0.15) is 5.69 Å². The van der Waals surface area contributed by atoms with Crippen molar-refractivity contribution in [2.45, 2.75) is 33.7 Å². The maximum atomic E-state index is 13.2. The quantitative estimate of drug-likeness (QED) is 0.522. The van der Waals surface area contributed by atoms with E-state index in [1.54, 1.807) is 39.8 Å². The zero-order valence-electron chi connectivity index (χ0n) is 16.8. The van der Waals surface area contributed by atoms with Crippen LogP contribution in [0.2, 0.25) is 0 Å². The van der Waals surface area contributed by atoms with Crippen LogP contribution in [0, 0.1) is 13.8 Å². The molecule has 152 valence electrons. The standard InChI is InChI=1S/C20H26N2O6/c1-6-27-20(25)17-12(2)16(13(3)21-17)18(23)14(4)22(9-11-26-5)19(24)15-8-7-10-28-15/h7-8,10,14,21H,6,9,11H2,1-5H3/t14-/m0/s1. The normalized spacial score (nSPS) is 11.9. The SMILES string of the molecule is CCOC(=O)c1[nH]c(C)c(C(=O)[C@H](C)N(CCOC)C(=O)c2ccco2)c1C. The number of hydrogen-bond acceptors (Lipinski definition) is 6. The number of esters is 1. The first kappa shape index (κ1) is 21.4. The number of H-pyrrole nitrogens is 1. The fourth-order valence-electron chi connectivity index (χ4n) is 3.08. The molecule has 0 radical (unpaired) electrons. The van der Waals surface area contributed by atoms with E-state index < -0.39 is 17.9 Å². The van der Waals surface area contributed by atoms with Gasteiger partial charge in [0, 0.05) is 24.9 Å². The Bertz CT molecular complexity index is 837. The van der Waals surface area contributed by atoms with E-state index in [4.69, 9.17) is 13.9 Å². The number of methoxy groups -OCH3 is 1. The highest BCUT2D eigenvalue weighted by Crippen LogP contribution is 2.23. The van der Waals surface area contributed by atoms with Crippen LogP contribution in [0.3, 0.4) is 0 Å². The molecule has 0 bridgehead atoms. The molecule has 8 nitrogen and oxygen atoms in total. The minimum atomic E-state index is -0.781. The largest absolute Gasteiger partial charge is 0.461 e. The summed E-state index contributed by atoms with van der Waals surface area (Å²) in [4.78, 5) is 42.5. The lowest BCUT2D eigenvalue weighted by atomic mass is 9.99. The van der Waals surface area contributed by atoms with E-state index in [0.29, 0.717) is 16.8 Å². The number of aromatic nitrogens is 1. The van der Waals surface area contributed by atoms with Crippen molar-refractivity contribution >= 4 is 17.7 Å². The number of hydrogen-bond donors (Lipinski definition) is 1. The summed E-state index contributed by atoms with van der Waals surface area (Å²) in [6, 6.07) is 2.38. The first-order valence-electron chi connectivity index (χ1n) is 9.07. The number of ketones is 1. The Morgan fingerprint density at radius 3 is 2.57 bits per heavy atom. The smallest absolute Gasteiger partial charge is 0.355 e. The van der Waals surface area contributed by atoms with Crippen LogP contribution in [-0.4, -0.2) is 60.5 Å². The maximum Gasteiger partial charge on any atom is 0.355 e. The molecular weight excluding hydrogens is 364 g/mol. The van der Waals surface area contributed by atoms with Gasteiger partial charge in [0.2, 0.25) is 0 Å². The number of aromatic amines is 1. The van der Waals surface area contributed by atoms with E-state index in [9.17, 15) is 14.4 Å². The highest BCUT2D eigenvalue weighted by molar-refractivity contribution is 6.07. The number of nitrogens with zero attached hydrogens (tertiary/aromatic N) is 1. The number of ether oxygens (including phenoxy) is 2. The number of Topliss-reactive ketones (excluding diaryl/α,β-unsaturated/α-hetero) is 1. The van der Waals surface area contributed by atoms with Gasteiger partial charge < -0.3 is 23.8 Å². The molecule has 0 saturated carbocycles. The average molecular weight is 390 g/mol. The Hall–Kier alpha value is -2.87. The molecule has 0 aliphatic heterocycles. The minimum absolute atomic E-state index is 0.144. The predicted octanol–water partition coefficient (Wildman–Crippen LogP) is 2.76. The molecule has 1 amide bonds. The van der Waals surface area contributed by atoms with Crippen molar-refractivity contribution in [2.75, 3.05) is 26.9 Å². The summed E-state index contributed by atoms with van der Waals surface area (Å²) in [5.41, 5.74) is 1.68. The lowest BCUT2D eigenvalue weighted by Crippen LogP contribution is -2.45. The van der Waals surface area contributed by atoms with Gasteiger partial charge in [-0.1, -0.05) is 0 Å². The topological polar surface area (TPSA) is 102 Å². The van der Waals surface area contributed by atoms with Gasteiger partial charge in [-0.3, -0.25) is 9.59 Å². The second-order valence-electron chi connectivity index (χ2n) is 6.35. The van der Waals surface area contributed by atoms with Crippen molar-refractivity contribution in [3.8, 4) is 0 Å². The highest BCUT2D eigenvalue weighted by Gasteiger charge is 2.32. The molecule has 0 unspecified atom stereocenters. The molecule has 0 fully saturated rings. The zero-order valence-corrected chi connectivity index (χ0v) is 16.8. The Labute approximate surface area is 163 Å². The third-order valence-electron chi connectivity index (χ3n) is 4.54. The second-order valence-corrected chi connectivity index (χ2v) is 6.35. The molecule has 28 heavy (non-hydrogen) atoms. The average Bonchev–Trinajstić information content (AvgIpc) is 3.29. The van der Waals surface area contributed by atoms with Crippen molar-refractivity contribution in [2.24, 2.45) is 0 Å². The summed E-state index contributed by atoms with van der Waals surface area (Å²) in [5, 5.41) is 0. The van der Waals surface area contributed by atoms with Crippen LogP contribution in [0.1, 0.15) is 56.5 Å². The molecule has 1 atom stereocenters. The lowest BCUT2D eigenvalue weighted by molar-refractivity contribution is 0.0517. The van der Waals surface area contributed by atoms with Gasteiger partial charge in [-0.15, -0.1) is 0 Å². The van der Waals surface area contributed by atoms with Gasteiger partial charge in [-0.25, -0.2) is 4.79 Å². The summed E-state index contributed by atoms with van der Waals surface area (Å²) in [5.74, 6) is -1.06. The molecule has 0 spiro atoms. The van der Waals surface area contributed by atoms with Gasteiger partial charge >= 0.3 is 5.97 Å². The van der Waals surface area contributed by atoms with Gasteiger partial charge in [0.05, 0.1) is 25.5 Å². The number of nitrogens with one attached hydrogen (secondary N) is 1. The van der Waals surface area contributed by atoms with Crippen molar-refractivity contribution in [3.05, 3.63) is 46.7 Å². The van der Waals surface area contributed by atoms with Gasteiger partial charge in [0.25, 0.3) is 5.91 Å². The van der Waals surface area contributed by atoms with E-state index in [-0.39, 0.29) is 37.0 Å². The summed E-state index contributed by atoms with van der Waals surface area (Å²) < 4.78 is 15.3. The van der Waals surface area contributed by atoms with Crippen molar-refractivity contribution < 1.29 is 28.3 Å². The van der Waals surface area contributed by atoms with Crippen LogP contribution in [0.5, 0.6) is 0 Å². The summed E-state index contributed by atoms with van der Waals surface area (Å²) in [6.45, 7) is 7.48. The number of aryl methyl sites for hydroxylation is 1. The lowest BCUT2D eigenvalue weighted by Gasteiger charge is -2.27. The Morgan fingerprint density at radius 1 is 1.29 bits per heavy atom. The first-order chi connectivity index (χ1) is 13.3. The Balaban J connectivity index is 2.34. The van der Waals surface area contributed by atoms with E-state index in [2.05, 4.69) is 4.98 Å². The molecule has 0 aromatic carbocycles. The second kappa shape index (κ2) is 9.36. The molecule has 2 rings (SSSR count). The minimum Gasteiger partial charge on any atom is -0.461 e. The zero-order chi connectivity index (χ0) is 20.8. The summed E-state index contributed by atoms with van der Waals surface area (Å²) in [7, 11) is 1.52. The van der Waals surface area contributed by atoms with Gasteiger partial charge in [-0.05, 0) is 45.4 Å². The third-order valence-corrected chi connectivity index (χ3v) is 4.54. The molecular formula is C20H26N2O6. The molecule has 2 aromatic heterocycles. The van der Waals surface area contributed by atoms with E-state index in [1.807, 2.05) is 0 Å². The highest BCUT2D eigenvalue weighted by atomic mass is 16.5. The van der Waals surface area contributed by atoms with Crippen LogP contribution < -0.4 is 0 Å². The third kappa shape index (κ3) is 4.33. The van der Waals surface area contributed by atoms with Crippen molar-refractivity contribution in [3.63, 3.8) is 0 Å². The molecule has 0 aliphatic carbocycles. The van der Waals surface area contributed by atoms with Crippen LogP contribution in [0.4, 0.5) is 0 Å². The first-order valence-corrected chi connectivity index (χ1v) is 9.07. The predicted molar refractivity (Wildman–Crippen MR) is 102 cm³/mol. The number of amides is 1. The number of carbonyl (C=O) groups excluding carboxylic acids is 3. The number of rotatable bonds is 9. The van der Waals surface area contributed by atoms with Crippen molar-refractivity contribution in [1.29, 1.82) is 0 Å². The van der Waals surface area contributed by atoms with Gasteiger partial charge in [0.15, 0.2) is 11.5 Å². The van der Waals surface area contributed by atoms with E-state index >= 15 is 0 Å². The Kier molecular flexibility index (Phi) is 7.17. The van der Waals surface area contributed by atoms with E-state index in [1.165, 1.54) is 18.3 Å². The van der Waals surface area contributed by atoms with Crippen molar-refractivity contribution in [1.82, 2.24) is 9.88 Å². The van der Waals surface area contributed by atoms with Gasteiger partial charge in [-0.2, -0.15) is 0 Å². The van der Waals surface area contributed by atoms with Crippen LogP contribution in [0.15, 0.2) is 22.8 Å². The van der Waals surface area contributed by atoms with Crippen LogP contribution >= 0.6 is 0 Å². The molecule has 2 heterocycles. The molecule has 8 heteroatoms. The summed E-state index contributed by atoms with van der Waals surface area (Å²) in [6.07, 6.45) is 1.40. The number of furan rings is 1.